The number of hydrogen-bond donors (Lipinski definition) is 1. The summed E-state index contributed by atoms with van der Waals surface area (Å²) in [6, 6.07) is 15.0. The van der Waals surface area contributed by atoms with Crippen LogP contribution in [0.4, 0.5) is 18.9 Å². The Morgan fingerprint density at radius 1 is 0.892 bits per heavy atom. The zero-order valence-electron chi connectivity index (χ0n) is 19.3. The first kappa shape index (κ1) is 25.3. The second-order valence-electron chi connectivity index (χ2n) is 7.63. The van der Waals surface area contributed by atoms with E-state index in [1.807, 2.05) is 0 Å². The molecule has 0 saturated carbocycles. The molecule has 0 saturated heterocycles. The van der Waals surface area contributed by atoms with Crippen LogP contribution < -0.4 is 20.2 Å². The monoisotopic (exact) mass is 513 g/mol. The van der Waals surface area contributed by atoms with Gasteiger partial charge in [-0.05, 0) is 59.7 Å². The summed E-state index contributed by atoms with van der Waals surface area (Å²) in [5.41, 5.74) is 0.0281. The quantitative estimate of drug-likeness (QED) is 0.344. The predicted octanol–water partition coefficient (Wildman–Crippen LogP) is 5.41. The van der Waals surface area contributed by atoms with E-state index in [1.165, 1.54) is 43.5 Å². The summed E-state index contributed by atoms with van der Waals surface area (Å²) in [4.78, 5) is 37.8. The Morgan fingerprint density at radius 2 is 1.62 bits per heavy atom. The van der Waals surface area contributed by atoms with E-state index in [1.54, 1.807) is 12.1 Å². The molecule has 0 spiro atoms. The number of fused-ring (bicyclic) bond motifs is 1. The molecule has 3 aromatic carbocycles. The normalized spacial score (nSPS) is 11.2. The topological polar surface area (TPSA) is 104 Å². The molecule has 1 N–H and O–H groups in total. The number of benzene rings is 3. The van der Waals surface area contributed by atoms with Crippen LogP contribution in [0.2, 0.25) is 0 Å². The Morgan fingerprint density at radius 3 is 2.27 bits per heavy atom. The minimum atomic E-state index is -4.90. The van der Waals surface area contributed by atoms with Crippen molar-refractivity contribution in [3.63, 3.8) is 0 Å². The molecule has 0 fully saturated rings. The largest absolute Gasteiger partial charge is 0.573 e. The molecule has 0 aliphatic heterocycles. The van der Waals surface area contributed by atoms with Gasteiger partial charge in [0, 0.05) is 11.6 Å². The number of halogens is 3. The number of anilines is 1. The lowest BCUT2D eigenvalue weighted by atomic mass is 10.0. The lowest BCUT2D eigenvalue weighted by Crippen LogP contribution is -2.17. The van der Waals surface area contributed by atoms with Gasteiger partial charge in [0.25, 0.3) is 5.91 Å². The van der Waals surface area contributed by atoms with E-state index in [9.17, 15) is 27.6 Å². The van der Waals surface area contributed by atoms with E-state index < -0.39 is 35.2 Å². The van der Waals surface area contributed by atoms with Crippen molar-refractivity contribution in [2.75, 3.05) is 19.5 Å². The number of esters is 1. The van der Waals surface area contributed by atoms with Crippen molar-refractivity contribution in [3.05, 3.63) is 88.3 Å². The summed E-state index contributed by atoms with van der Waals surface area (Å²) < 4.78 is 57.4. The van der Waals surface area contributed by atoms with Crippen LogP contribution in [0.1, 0.15) is 20.9 Å². The number of carbonyl (C=O) groups is 2. The third kappa shape index (κ3) is 5.72. The Kier molecular flexibility index (Phi) is 6.87. The summed E-state index contributed by atoms with van der Waals surface area (Å²) in [6.45, 7) is 0. The van der Waals surface area contributed by atoms with Gasteiger partial charge in [-0.3, -0.25) is 9.59 Å². The molecule has 11 heteroatoms. The summed E-state index contributed by atoms with van der Waals surface area (Å²) in [7, 11) is 2.58. The Bertz CT molecular complexity index is 1540. The summed E-state index contributed by atoms with van der Waals surface area (Å²) in [5, 5.41) is 2.61. The zero-order valence-corrected chi connectivity index (χ0v) is 19.3. The molecule has 0 aliphatic carbocycles. The fraction of sp³-hybridized carbons (Fsp3) is 0.115. The van der Waals surface area contributed by atoms with E-state index in [4.69, 9.17) is 9.15 Å². The van der Waals surface area contributed by atoms with Gasteiger partial charge < -0.3 is 23.9 Å². The van der Waals surface area contributed by atoms with Gasteiger partial charge in [-0.1, -0.05) is 12.1 Å². The van der Waals surface area contributed by atoms with E-state index in [2.05, 4.69) is 14.8 Å². The molecule has 37 heavy (non-hydrogen) atoms. The smallest absolute Gasteiger partial charge is 0.497 e. The number of hydrogen-bond acceptors (Lipinski definition) is 7. The van der Waals surface area contributed by atoms with Crippen LogP contribution in [0.5, 0.6) is 11.5 Å². The predicted molar refractivity (Wildman–Crippen MR) is 127 cm³/mol. The number of alkyl halides is 3. The molecule has 4 aromatic rings. The standard InChI is InChI=1S/C26H18F3NO7/c1-34-17-8-6-14(7-9-17)24(32)30-20-12-16(15-4-3-5-18(10-15)37-26(27,28)29)11-19-21(31)13-22(25(33)35-2)36-23(19)20/h3-13H,1-2H3,(H,30,32). The molecule has 0 bridgehead atoms. The molecule has 190 valence electrons. The maximum Gasteiger partial charge on any atom is 0.573 e. The molecule has 8 nitrogen and oxygen atoms in total. The van der Waals surface area contributed by atoms with Gasteiger partial charge in [0.2, 0.25) is 5.76 Å². The number of ether oxygens (including phenoxy) is 3. The van der Waals surface area contributed by atoms with Crippen LogP contribution in [0, 0.1) is 0 Å². The Labute approximate surface area is 207 Å². The number of methoxy groups -OCH3 is 2. The molecule has 0 radical (unpaired) electrons. The highest BCUT2D eigenvalue weighted by Gasteiger charge is 2.31. The maximum atomic E-state index is 13.0. The van der Waals surface area contributed by atoms with E-state index in [-0.39, 0.29) is 33.3 Å². The highest BCUT2D eigenvalue weighted by Crippen LogP contribution is 2.33. The molecule has 0 unspecified atom stereocenters. The summed E-state index contributed by atoms with van der Waals surface area (Å²) >= 11 is 0. The molecule has 1 amide bonds. The van der Waals surface area contributed by atoms with Crippen LogP contribution in [0.15, 0.2) is 75.9 Å². The van der Waals surface area contributed by atoms with Crippen molar-refractivity contribution in [2.45, 2.75) is 6.36 Å². The molecule has 1 aromatic heterocycles. The van der Waals surface area contributed by atoms with Crippen LogP contribution in [0.3, 0.4) is 0 Å². The van der Waals surface area contributed by atoms with Gasteiger partial charge in [0.05, 0.1) is 25.3 Å². The van der Waals surface area contributed by atoms with E-state index in [0.29, 0.717) is 5.75 Å². The first-order valence-electron chi connectivity index (χ1n) is 10.6. The second-order valence-corrected chi connectivity index (χ2v) is 7.63. The lowest BCUT2D eigenvalue weighted by Gasteiger charge is -2.13. The molecule has 0 atom stereocenters. The van der Waals surface area contributed by atoms with Gasteiger partial charge in [-0.25, -0.2) is 4.79 Å². The Balaban J connectivity index is 1.85. The van der Waals surface area contributed by atoms with Crippen LogP contribution in [-0.4, -0.2) is 32.5 Å². The van der Waals surface area contributed by atoms with Gasteiger partial charge in [0.15, 0.2) is 11.0 Å². The van der Waals surface area contributed by atoms with Crippen molar-refractivity contribution < 1.29 is 41.4 Å². The third-order valence-corrected chi connectivity index (χ3v) is 5.22. The number of carbonyl (C=O) groups excluding carboxylic acids is 2. The maximum absolute atomic E-state index is 13.0. The van der Waals surface area contributed by atoms with Gasteiger partial charge in [-0.15, -0.1) is 13.2 Å². The summed E-state index contributed by atoms with van der Waals surface area (Å²) in [6.07, 6.45) is -4.90. The molecular formula is C26H18F3NO7. The summed E-state index contributed by atoms with van der Waals surface area (Å²) in [5.74, 6) is -1.83. The highest BCUT2D eigenvalue weighted by molar-refractivity contribution is 6.09. The van der Waals surface area contributed by atoms with E-state index in [0.717, 1.165) is 25.3 Å². The van der Waals surface area contributed by atoms with Crippen molar-refractivity contribution in [1.29, 1.82) is 0 Å². The average Bonchev–Trinajstić information content (AvgIpc) is 2.87. The SMILES string of the molecule is COC(=O)c1cc(=O)c2cc(-c3cccc(OC(F)(F)F)c3)cc(NC(=O)c3ccc(OC)cc3)c2o1. The van der Waals surface area contributed by atoms with Crippen molar-refractivity contribution in [2.24, 2.45) is 0 Å². The second kappa shape index (κ2) is 10.1. The first-order chi connectivity index (χ1) is 17.6. The van der Waals surface area contributed by atoms with Crippen molar-refractivity contribution >= 4 is 28.5 Å². The lowest BCUT2D eigenvalue weighted by molar-refractivity contribution is -0.274. The highest BCUT2D eigenvalue weighted by atomic mass is 19.4. The average molecular weight is 513 g/mol. The fourth-order valence-electron chi connectivity index (χ4n) is 3.53. The third-order valence-electron chi connectivity index (χ3n) is 5.22. The number of nitrogens with one attached hydrogen (secondary N) is 1. The van der Waals surface area contributed by atoms with Crippen LogP contribution in [-0.2, 0) is 4.74 Å². The molecular weight excluding hydrogens is 495 g/mol. The van der Waals surface area contributed by atoms with Gasteiger partial charge in [-0.2, -0.15) is 0 Å². The zero-order chi connectivity index (χ0) is 26.7. The Hall–Kier alpha value is -4.80. The number of amides is 1. The number of rotatable bonds is 6. The fourth-order valence-corrected chi connectivity index (χ4v) is 3.53. The van der Waals surface area contributed by atoms with Crippen molar-refractivity contribution in [3.8, 4) is 22.6 Å². The minimum absolute atomic E-state index is 0.00156. The van der Waals surface area contributed by atoms with Gasteiger partial charge in [0.1, 0.15) is 11.5 Å². The molecule has 1 heterocycles. The molecule has 0 aliphatic rings. The van der Waals surface area contributed by atoms with E-state index >= 15 is 0 Å². The first-order valence-corrected chi connectivity index (χ1v) is 10.6. The molecule has 4 rings (SSSR count). The van der Waals surface area contributed by atoms with Crippen molar-refractivity contribution in [1.82, 2.24) is 0 Å². The van der Waals surface area contributed by atoms with Crippen LogP contribution in [0.25, 0.3) is 22.1 Å². The van der Waals surface area contributed by atoms with Crippen LogP contribution >= 0.6 is 0 Å². The minimum Gasteiger partial charge on any atom is -0.497 e. The van der Waals surface area contributed by atoms with Gasteiger partial charge >= 0.3 is 12.3 Å².